The quantitative estimate of drug-likeness (QED) is 0.666. The lowest BCUT2D eigenvalue weighted by atomic mass is 9.88. The molecule has 2 saturated carbocycles. The summed E-state index contributed by atoms with van der Waals surface area (Å²) in [6.45, 7) is 0. The highest BCUT2D eigenvalue weighted by atomic mass is 35.5. The molecule has 2 aliphatic rings. The van der Waals surface area contributed by atoms with E-state index < -0.39 is 10.7 Å². The number of carboxylic acids is 1. The molecule has 142 valence electrons. The van der Waals surface area contributed by atoms with E-state index in [-0.39, 0.29) is 19.8 Å². The minimum Gasteiger partial charge on any atom is -0.480 e. The number of hydrogen-bond donors (Lipinski definition) is 1. The van der Waals surface area contributed by atoms with Gasteiger partial charge in [-0.1, -0.05) is 57.1 Å². The summed E-state index contributed by atoms with van der Waals surface area (Å²) < 4.78 is -0.00104. The maximum absolute atomic E-state index is 11.3. The van der Waals surface area contributed by atoms with Crippen molar-refractivity contribution in [3.8, 4) is 0 Å². The zero-order chi connectivity index (χ0) is 16.6. The number of hydrogen-bond acceptors (Lipinski definition) is 4. The van der Waals surface area contributed by atoms with Gasteiger partial charge in [-0.05, 0) is 25.7 Å². The minimum absolute atomic E-state index is 0. The molecule has 0 atom stereocenters. The van der Waals surface area contributed by atoms with Crippen LogP contribution in [-0.2, 0) is 9.59 Å². The van der Waals surface area contributed by atoms with Crippen LogP contribution in [0.15, 0.2) is 0 Å². The summed E-state index contributed by atoms with van der Waals surface area (Å²) in [5, 5.41) is 9.32. The molecule has 0 spiro atoms. The number of carbonyl (C=O) groups is 2. The molecule has 0 unspecified atom stereocenters. The van der Waals surface area contributed by atoms with Crippen molar-refractivity contribution in [2.75, 3.05) is 14.1 Å². The molecule has 1 N–H and O–H groups in total. The third kappa shape index (κ3) is 8.67. The maximum Gasteiger partial charge on any atom is 0.320 e. The second kappa shape index (κ2) is 13.0. The first-order valence-corrected chi connectivity index (χ1v) is 9.25. The van der Waals surface area contributed by atoms with E-state index in [0.29, 0.717) is 10.1 Å². The summed E-state index contributed by atoms with van der Waals surface area (Å²) in [5.74, 6) is -0.248. The topological polar surface area (TPSA) is 57.6 Å². The second-order valence-corrected chi connectivity index (χ2v) is 8.24. The summed E-state index contributed by atoms with van der Waals surface area (Å²) >= 11 is 6.52. The Balaban J connectivity index is 0. The van der Waals surface area contributed by atoms with Gasteiger partial charge in [0.25, 0.3) is 0 Å². The molecule has 24 heavy (non-hydrogen) atoms. The van der Waals surface area contributed by atoms with Gasteiger partial charge in [0, 0.05) is 26.9 Å². The fourth-order valence-corrected chi connectivity index (χ4v) is 4.26. The van der Waals surface area contributed by atoms with Crippen LogP contribution < -0.4 is 0 Å². The molecular formula is C17H32ClNO3S2. The van der Waals surface area contributed by atoms with E-state index in [9.17, 15) is 14.7 Å². The fourth-order valence-electron chi connectivity index (χ4n) is 2.69. The van der Waals surface area contributed by atoms with Gasteiger partial charge in [0.2, 0.25) is 0 Å². The third-order valence-corrected chi connectivity index (χ3v) is 6.24. The number of aliphatic carboxylic acids is 1. The summed E-state index contributed by atoms with van der Waals surface area (Å²) in [6.07, 6.45) is 9.85. The van der Waals surface area contributed by atoms with Crippen LogP contribution in [0.5, 0.6) is 0 Å². The first-order valence-electron chi connectivity index (χ1n) is 8.03. The Hall–Kier alpha value is -0.330. The summed E-state index contributed by atoms with van der Waals surface area (Å²) in [7, 11) is 3.71. The highest BCUT2D eigenvalue weighted by Gasteiger charge is 2.41. The lowest BCUT2D eigenvalue weighted by Gasteiger charge is -2.33. The Labute approximate surface area is 162 Å². The Morgan fingerprint density at radius 3 is 1.88 bits per heavy atom. The number of nitrogens with zero attached hydrogens (tertiary/aromatic N) is 1. The zero-order valence-electron chi connectivity index (χ0n) is 14.0. The highest BCUT2D eigenvalue weighted by Crippen LogP contribution is 2.41. The fraction of sp³-hybridized carbons (Fsp3) is 0.824. The Bertz CT molecular complexity index is 403. The predicted octanol–water partition coefficient (Wildman–Crippen LogP) is 4.93. The van der Waals surface area contributed by atoms with Crippen molar-refractivity contribution in [1.82, 2.24) is 4.90 Å². The molecule has 2 rings (SSSR count). The van der Waals surface area contributed by atoms with E-state index in [0.717, 1.165) is 57.8 Å². The van der Waals surface area contributed by atoms with Crippen LogP contribution in [0.1, 0.15) is 71.6 Å². The molecular weight excluding hydrogens is 366 g/mol. The second-order valence-electron chi connectivity index (χ2n) is 6.22. The minimum atomic E-state index is -0.712. The molecule has 2 fully saturated rings. The number of Topliss-reactive ketones (excluding diaryl/α,β-unsaturated/α-hetero) is 1. The van der Waals surface area contributed by atoms with Crippen molar-refractivity contribution in [3.05, 3.63) is 0 Å². The highest BCUT2D eigenvalue weighted by molar-refractivity contribution is 8.24. The van der Waals surface area contributed by atoms with E-state index in [4.69, 9.17) is 12.2 Å². The van der Waals surface area contributed by atoms with E-state index in [1.54, 1.807) is 4.90 Å². The van der Waals surface area contributed by atoms with Gasteiger partial charge in [-0.3, -0.25) is 9.59 Å². The van der Waals surface area contributed by atoms with Gasteiger partial charge in [0.15, 0.2) is 0 Å². The zero-order valence-corrected chi connectivity index (χ0v) is 16.5. The summed E-state index contributed by atoms with van der Waals surface area (Å²) in [4.78, 5) is 23.6. The molecule has 2 aliphatic carbocycles. The van der Waals surface area contributed by atoms with Crippen LogP contribution in [0.2, 0.25) is 0 Å². The third-order valence-electron chi connectivity index (χ3n) is 4.11. The molecule has 0 radical (unpaired) electrons. The van der Waals surface area contributed by atoms with Crippen LogP contribution >= 0.6 is 36.4 Å². The first kappa shape index (κ1) is 25.9. The van der Waals surface area contributed by atoms with E-state index in [1.165, 1.54) is 18.2 Å². The lowest BCUT2D eigenvalue weighted by Crippen LogP contribution is -2.39. The number of carbonyl (C=O) groups excluding carboxylic acids is 1. The molecule has 0 saturated heterocycles. The van der Waals surface area contributed by atoms with Crippen molar-refractivity contribution in [2.45, 2.75) is 76.4 Å². The Kier molecular flexibility index (Phi) is 14.0. The number of halogens is 1. The van der Waals surface area contributed by atoms with Crippen molar-refractivity contribution in [1.29, 1.82) is 0 Å². The normalized spacial score (nSPS) is 18.8. The Morgan fingerprint density at radius 2 is 1.54 bits per heavy atom. The average Bonchev–Trinajstić information content (AvgIpc) is 2.49. The van der Waals surface area contributed by atoms with Gasteiger partial charge in [0.05, 0.1) is 0 Å². The van der Waals surface area contributed by atoms with Gasteiger partial charge in [0.1, 0.15) is 14.9 Å². The standard InChI is InChI=1S/C10H17NO2S2.C6H10O.CH4.ClH/c1-11(2)9(14)15-10(8(12)13)6-4-3-5-7-10;7-6-4-2-1-3-5-6;;/h3-7H2,1-2H3,(H,12,13);1-5H2;1H4;1H. The van der Waals surface area contributed by atoms with E-state index in [2.05, 4.69) is 0 Å². The maximum atomic E-state index is 11.3. The monoisotopic (exact) mass is 397 g/mol. The SMILES string of the molecule is C.CN(C)C(=S)SC1(C(=O)O)CCCCC1.Cl.O=C1CCCCC1. The average molecular weight is 398 g/mol. The molecule has 7 heteroatoms. The largest absolute Gasteiger partial charge is 0.480 e. The van der Waals surface area contributed by atoms with Gasteiger partial charge in [-0.2, -0.15) is 0 Å². The molecule has 0 bridgehead atoms. The predicted molar refractivity (Wildman–Crippen MR) is 109 cm³/mol. The van der Waals surface area contributed by atoms with Gasteiger partial charge < -0.3 is 10.0 Å². The molecule has 0 aromatic heterocycles. The van der Waals surface area contributed by atoms with Crippen LogP contribution in [0.3, 0.4) is 0 Å². The van der Waals surface area contributed by atoms with Crippen LogP contribution in [0.25, 0.3) is 0 Å². The molecule has 0 aromatic rings. The van der Waals surface area contributed by atoms with Gasteiger partial charge in [-0.15, -0.1) is 12.4 Å². The Morgan fingerprint density at radius 1 is 1.08 bits per heavy atom. The number of rotatable bonds is 2. The molecule has 0 amide bonds. The van der Waals surface area contributed by atoms with Crippen LogP contribution in [0, 0.1) is 0 Å². The smallest absolute Gasteiger partial charge is 0.320 e. The summed E-state index contributed by atoms with van der Waals surface area (Å²) in [5.41, 5.74) is 0. The van der Waals surface area contributed by atoms with Crippen molar-refractivity contribution < 1.29 is 14.7 Å². The van der Waals surface area contributed by atoms with E-state index in [1.807, 2.05) is 14.1 Å². The number of thiocarbonyl (C=S) groups is 1. The molecule has 0 heterocycles. The number of carboxylic acid groups (broad SMARTS) is 1. The van der Waals surface area contributed by atoms with Crippen molar-refractivity contribution in [3.63, 3.8) is 0 Å². The first-order chi connectivity index (χ1) is 10.4. The van der Waals surface area contributed by atoms with Gasteiger partial charge >= 0.3 is 5.97 Å². The lowest BCUT2D eigenvalue weighted by molar-refractivity contribution is -0.140. The summed E-state index contributed by atoms with van der Waals surface area (Å²) in [6, 6.07) is 0. The molecule has 0 aromatic carbocycles. The van der Waals surface area contributed by atoms with Crippen LogP contribution in [0.4, 0.5) is 0 Å². The van der Waals surface area contributed by atoms with Crippen molar-refractivity contribution in [2.24, 2.45) is 0 Å². The van der Waals surface area contributed by atoms with Crippen LogP contribution in [-0.4, -0.2) is 44.9 Å². The number of ketones is 1. The van der Waals surface area contributed by atoms with Gasteiger partial charge in [-0.25, -0.2) is 0 Å². The number of thioether (sulfide) groups is 1. The van der Waals surface area contributed by atoms with Crippen molar-refractivity contribution >= 4 is 52.5 Å². The van der Waals surface area contributed by atoms with E-state index >= 15 is 0 Å². The molecule has 4 nitrogen and oxygen atoms in total. The molecule has 0 aliphatic heterocycles.